The van der Waals surface area contributed by atoms with Gasteiger partial charge in [-0.15, -0.1) is 6.42 Å². The first-order valence-electron chi connectivity index (χ1n) is 14.1. The Morgan fingerprint density at radius 2 is 1.53 bits per heavy atom. The summed E-state index contributed by atoms with van der Waals surface area (Å²) in [5, 5.41) is 10.8. The van der Waals surface area contributed by atoms with Crippen molar-refractivity contribution in [1.82, 2.24) is 21.3 Å². The first-order valence-corrected chi connectivity index (χ1v) is 14.1. The van der Waals surface area contributed by atoms with E-state index in [2.05, 4.69) is 32.2 Å². The van der Waals surface area contributed by atoms with Crippen LogP contribution >= 0.6 is 0 Å². The fourth-order valence-corrected chi connectivity index (χ4v) is 4.20. The summed E-state index contributed by atoms with van der Waals surface area (Å²) in [5.74, 6) is 1.49. The largest absolute Gasteiger partial charge is 0.444 e. The van der Waals surface area contributed by atoms with E-state index in [1.807, 2.05) is 74.5 Å². The first-order chi connectivity index (χ1) is 20.7. The normalized spacial score (nSPS) is 13.3. The molecule has 0 aliphatic carbocycles. The summed E-state index contributed by atoms with van der Waals surface area (Å²) in [6, 6.07) is 15.8. The molecule has 0 aliphatic heterocycles. The van der Waals surface area contributed by atoms with Crippen LogP contribution in [0.3, 0.4) is 0 Å². The van der Waals surface area contributed by atoms with E-state index in [1.54, 1.807) is 13.1 Å². The number of aliphatic imine (C=N–C) groups is 1. The lowest BCUT2D eigenvalue weighted by Gasteiger charge is -2.26. The van der Waals surface area contributed by atoms with Gasteiger partial charge >= 0.3 is 12.1 Å². The van der Waals surface area contributed by atoms with Crippen LogP contribution in [0.1, 0.15) is 38.3 Å². The topological polar surface area (TPSA) is 138 Å². The summed E-state index contributed by atoms with van der Waals surface area (Å²) >= 11 is 0. The predicted octanol–water partition coefficient (Wildman–Crippen LogP) is 3.57. The number of Topliss-reactive ketones (excluding diaryl/α,β-unsaturated/α-hetero) is 1. The van der Waals surface area contributed by atoms with Crippen LogP contribution in [-0.4, -0.2) is 61.8 Å². The van der Waals surface area contributed by atoms with Crippen molar-refractivity contribution in [2.24, 2.45) is 10.9 Å². The molecule has 0 bridgehead atoms. The highest BCUT2D eigenvalue weighted by Crippen LogP contribution is 2.13. The van der Waals surface area contributed by atoms with Gasteiger partial charge in [0.15, 0.2) is 5.78 Å². The third kappa shape index (κ3) is 12.6. The summed E-state index contributed by atoms with van der Waals surface area (Å²) in [5.41, 5.74) is 2.10. The molecule has 4 amide bonds. The van der Waals surface area contributed by atoms with Crippen LogP contribution < -0.4 is 21.3 Å². The third-order valence-electron chi connectivity index (χ3n) is 6.47. The number of ketones is 1. The number of urea groups is 1. The number of ether oxygens (including phenoxy) is 1. The van der Waals surface area contributed by atoms with Gasteiger partial charge in [0, 0.05) is 31.9 Å². The fourth-order valence-electron chi connectivity index (χ4n) is 4.20. The number of benzene rings is 2. The van der Waals surface area contributed by atoms with Crippen LogP contribution in [0.25, 0.3) is 0 Å². The fraction of sp³-hybridized carbons (Fsp3) is 0.364. The van der Waals surface area contributed by atoms with Gasteiger partial charge in [-0.2, -0.15) is 0 Å². The maximum Gasteiger partial charge on any atom is 0.408 e. The van der Waals surface area contributed by atoms with E-state index in [-0.39, 0.29) is 31.1 Å². The summed E-state index contributed by atoms with van der Waals surface area (Å²) < 4.78 is 5.28. The zero-order valence-electron chi connectivity index (χ0n) is 25.1. The summed E-state index contributed by atoms with van der Waals surface area (Å²) in [6.07, 6.45) is 8.12. The summed E-state index contributed by atoms with van der Waals surface area (Å²) in [7, 11) is 1.47. The van der Waals surface area contributed by atoms with Crippen LogP contribution in [0.15, 0.2) is 77.4 Å². The Morgan fingerprint density at radius 1 is 0.930 bits per heavy atom. The van der Waals surface area contributed by atoms with Crippen LogP contribution in [-0.2, 0) is 27.2 Å². The van der Waals surface area contributed by atoms with Gasteiger partial charge in [0.1, 0.15) is 12.6 Å². The minimum Gasteiger partial charge on any atom is -0.444 e. The molecule has 43 heavy (non-hydrogen) atoms. The zero-order chi connectivity index (χ0) is 31.6. The number of amides is 4. The molecule has 0 heterocycles. The number of hydrogen-bond acceptors (Lipinski definition) is 6. The Balaban J connectivity index is 2.27. The van der Waals surface area contributed by atoms with E-state index in [0.717, 1.165) is 11.1 Å². The highest BCUT2D eigenvalue weighted by atomic mass is 16.5. The lowest BCUT2D eigenvalue weighted by atomic mass is 9.94. The van der Waals surface area contributed by atoms with Crippen molar-refractivity contribution in [2.45, 2.75) is 58.2 Å². The molecule has 10 nitrogen and oxygen atoms in total. The lowest BCUT2D eigenvalue weighted by Crippen LogP contribution is -2.55. The molecular weight excluding hydrogens is 546 g/mol. The number of carbonyl (C=O) groups is 4. The molecule has 3 unspecified atom stereocenters. The SMILES string of the molecule is C#C/C(=C\N=C/C)COC(=O)NC(Cc1ccccc1)C(=O)CC(Cc1ccccc1)NC(=O)C(NC(=O)NC)C(C)C. The smallest absolute Gasteiger partial charge is 0.408 e. The Labute approximate surface area is 253 Å². The van der Waals surface area contributed by atoms with Crippen LogP contribution in [0, 0.1) is 18.3 Å². The van der Waals surface area contributed by atoms with E-state index in [4.69, 9.17) is 11.2 Å². The third-order valence-corrected chi connectivity index (χ3v) is 6.47. The van der Waals surface area contributed by atoms with Crippen molar-refractivity contribution in [2.75, 3.05) is 13.7 Å². The molecule has 0 aromatic heterocycles. The second-order valence-corrected chi connectivity index (χ2v) is 10.2. The van der Waals surface area contributed by atoms with Gasteiger partial charge in [-0.1, -0.05) is 80.4 Å². The van der Waals surface area contributed by atoms with Crippen LogP contribution in [0.4, 0.5) is 9.59 Å². The highest BCUT2D eigenvalue weighted by molar-refractivity contribution is 5.90. The average molecular weight is 588 g/mol. The van der Waals surface area contributed by atoms with Crippen molar-refractivity contribution in [3.05, 3.63) is 83.6 Å². The molecule has 4 N–H and O–H groups in total. The highest BCUT2D eigenvalue weighted by Gasteiger charge is 2.29. The quantitative estimate of drug-likeness (QED) is 0.187. The van der Waals surface area contributed by atoms with Gasteiger partial charge in [0.25, 0.3) is 0 Å². The number of carbonyl (C=O) groups excluding carboxylic acids is 4. The number of hydrogen-bond donors (Lipinski definition) is 4. The molecule has 0 spiro atoms. The van der Waals surface area contributed by atoms with Crippen LogP contribution in [0.5, 0.6) is 0 Å². The monoisotopic (exact) mass is 587 g/mol. The second kappa shape index (κ2) is 18.5. The Hall–Kier alpha value is -4.91. The minimum atomic E-state index is -0.943. The maximum atomic E-state index is 13.8. The van der Waals surface area contributed by atoms with E-state index >= 15 is 0 Å². The van der Waals surface area contributed by atoms with E-state index in [1.165, 1.54) is 13.2 Å². The minimum absolute atomic E-state index is 0.0794. The molecule has 0 radical (unpaired) electrons. The number of rotatable bonds is 15. The van der Waals surface area contributed by atoms with Crippen molar-refractivity contribution in [3.8, 4) is 12.3 Å². The first kappa shape index (κ1) is 34.3. The van der Waals surface area contributed by atoms with Gasteiger partial charge in [0.2, 0.25) is 5.91 Å². The molecule has 0 saturated heterocycles. The molecule has 2 rings (SSSR count). The molecule has 0 saturated carbocycles. The molecule has 0 fully saturated rings. The van der Waals surface area contributed by atoms with Crippen molar-refractivity contribution in [3.63, 3.8) is 0 Å². The number of nitrogens with one attached hydrogen (secondary N) is 4. The van der Waals surface area contributed by atoms with Gasteiger partial charge in [-0.3, -0.25) is 14.6 Å². The van der Waals surface area contributed by atoms with E-state index in [9.17, 15) is 19.2 Å². The van der Waals surface area contributed by atoms with Gasteiger partial charge in [0.05, 0.1) is 11.6 Å². The van der Waals surface area contributed by atoms with E-state index in [0.29, 0.717) is 12.0 Å². The molecule has 2 aromatic carbocycles. The number of terminal acetylenes is 1. The Morgan fingerprint density at radius 3 is 2.07 bits per heavy atom. The Bertz CT molecular complexity index is 1300. The second-order valence-electron chi connectivity index (χ2n) is 10.2. The van der Waals surface area contributed by atoms with E-state index < -0.39 is 36.2 Å². The van der Waals surface area contributed by atoms with Gasteiger partial charge < -0.3 is 26.0 Å². The zero-order valence-corrected chi connectivity index (χ0v) is 25.1. The van der Waals surface area contributed by atoms with Gasteiger partial charge in [-0.05, 0) is 36.8 Å². The van der Waals surface area contributed by atoms with Crippen molar-refractivity contribution >= 4 is 30.0 Å². The molecular formula is C33H41N5O5. The number of alkyl carbamates (subject to hydrolysis) is 1. The molecule has 3 atom stereocenters. The molecule has 0 aliphatic rings. The molecule has 228 valence electrons. The lowest BCUT2D eigenvalue weighted by molar-refractivity contribution is -0.125. The molecule has 10 heteroatoms. The van der Waals surface area contributed by atoms with Crippen molar-refractivity contribution < 1.29 is 23.9 Å². The molecule has 2 aromatic rings. The van der Waals surface area contributed by atoms with Gasteiger partial charge in [-0.25, -0.2) is 9.59 Å². The summed E-state index contributed by atoms with van der Waals surface area (Å²) in [4.78, 5) is 55.8. The summed E-state index contributed by atoms with van der Waals surface area (Å²) in [6.45, 7) is 5.18. The standard InChI is InChI=1S/C33H41N5O5/c1-6-24(21-35-7-2)22-43-33(42)37-28(19-26-16-12-9-13-17-26)29(39)20-27(18-25-14-10-8-11-15-25)36-31(40)30(23(3)4)38-32(41)34-5/h1,7-17,21,23,27-28,30H,18-20,22H2,2-5H3,(H,36,40)(H,37,42)(H2,34,38,41)/b24-21+,35-7-. The van der Waals surface area contributed by atoms with Crippen LogP contribution in [0.2, 0.25) is 0 Å². The Kier molecular flexibility index (Phi) is 14.8. The maximum absolute atomic E-state index is 13.8. The number of nitrogens with zero attached hydrogens (tertiary/aromatic N) is 1. The average Bonchev–Trinajstić information content (AvgIpc) is 3.00. The van der Waals surface area contributed by atoms with Crippen molar-refractivity contribution in [1.29, 1.82) is 0 Å². The predicted molar refractivity (Wildman–Crippen MR) is 167 cm³/mol.